The van der Waals surface area contributed by atoms with Crippen molar-refractivity contribution in [2.24, 2.45) is 0 Å². The zero-order valence-electron chi connectivity index (χ0n) is 13.9. The van der Waals surface area contributed by atoms with Crippen molar-refractivity contribution in [3.05, 3.63) is 64.7 Å². The van der Waals surface area contributed by atoms with E-state index >= 15 is 0 Å². The summed E-state index contributed by atoms with van der Waals surface area (Å²) in [5.41, 5.74) is -0.952. The highest BCUT2D eigenvalue weighted by Crippen LogP contribution is 2.25. The highest BCUT2D eigenvalue weighted by molar-refractivity contribution is 6.31. The fraction of sp³-hybridized carbons (Fsp3) is 0.316. The van der Waals surface area contributed by atoms with Gasteiger partial charge in [0.2, 0.25) is 0 Å². The molecule has 1 aliphatic rings. The van der Waals surface area contributed by atoms with Crippen LogP contribution in [0.5, 0.6) is 5.75 Å². The number of carbonyl (C=O) groups excluding carboxylic acids is 1. The number of rotatable bonds is 4. The van der Waals surface area contributed by atoms with Crippen molar-refractivity contribution in [2.45, 2.75) is 18.4 Å². The molecule has 26 heavy (non-hydrogen) atoms. The molecule has 1 saturated heterocycles. The van der Waals surface area contributed by atoms with E-state index in [4.69, 9.17) is 16.3 Å². The van der Waals surface area contributed by atoms with E-state index in [0.29, 0.717) is 25.1 Å². The molecule has 138 valence electrons. The largest absolute Gasteiger partial charge is 0.491 e. The van der Waals surface area contributed by atoms with Crippen LogP contribution in [0.1, 0.15) is 23.2 Å². The molecular formula is C19H18ClF2NO3. The summed E-state index contributed by atoms with van der Waals surface area (Å²) in [6, 6.07) is 9.29. The molecule has 1 unspecified atom stereocenters. The van der Waals surface area contributed by atoms with E-state index < -0.39 is 11.4 Å². The third-order valence-corrected chi connectivity index (χ3v) is 4.62. The normalized spacial score (nSPS) is 20.1. The molecule has 0 aliphatic carbocycles. The van der Waals surface area contributed by atoms with Gasteiger partial charge in [0.25, 0.3) is 5.91 Å². The zero-order valence-corrected chi connectivity index (χ0v) is 14.7. The Morgan fingerprint density at radius 3 is 2.65 bits per heavy atom. The summed E-state index contributed by atoms with van der Waals surface area (Å²) in [6.45, 7) is 0.543. The second-order valence-corrected chi connectivity index (χ2v) is 6.83. The molecule has 1 amide bonds. The summed E-state index contributed by atoms with van der Waals surface area (Å²) in [6.07, 6.45) is 1.08. The molecule has 2 aromatic rings. The number of amides is 1. The molecule has 1 N–H and O–H groups in total. The van der Waals surface area contributed by atoms with E-state index in [-0.39, 0.29) is 35.5 Å². The van der Waals surface area contributed by atoms with Gasteiger partial charge in [-0.25, -0.2) is 8.78 Å². The Labute approximate surface area is 155 Å². The number of piperidine rings is 1. The predicted molar refractivity (Wildman–Crippen MR) is 93.4 cm³/mol. The number of carbonyl (C=O) groups is 1. The molecule has 4 nitrogen and oxygen atoms in total. The molecule has 0 bridgehead atoms. The molecule has 0 aromatic heterocycles. The van der Waals surface area contributed by atoms with Gasteiger partial charge >= 0.3 is 0 Å². The van der Waals surface area contributed by atoms with Crippen molar-refractivity contribution in [3.8, 4) is 5.75 Å². The first-order chi connectivity index (χ1) is 12.4. The Hall–Kier alpha value is -2.18. The Bertz CT molecular complexity index is 800. The van der Waals surface area contributed by atoms with Crippen LogP contribution in [0, 0.1) is 11.6 Å². The lowest BCUT2D eigenvalue weighted by Gasteiger charge is -2.39. The van der Waals surface area contributed by atoms with Crippen LogP contribution in [0.25, 0.3) is 0 Å². The number of hydrogen-bond donors (Lipinski definition) is 1. The van der Waals surface area contributed by atoms with Gasteiger partial charge in [0, 0.05) is 12.1 Å². The summed E-state index contributed by atoms with van der Waals surface area (Å²) in [4.78, 5) is 14.1. The van der Waals surface area contributed by atoms with Crippen molar-refractivity contribution in [1.82, 2.24) is 4.90 Å². The second kappa shape index (κ2) is 7.60. The van der Waals surface area contributed by atoms with Crippen molar-refractivity contribution >= 4 is 17.5 Å². The van der Waals surface area contributed by atoms with Gasteiger partial charge in [-0.3, -0.25) is 4.79 Å². The minimum atomic E-state index is -1.22. The van der Waals surface area contributed by atoms with Crippen LogP contribution in [-0.2, 0) is 0 Å². The fourth-order valence-corrected chi connectivity index (χ4v) is 3.14. The van der Waals surface area contributed by atoms with Crippen molar-refractivity contribution in [3.63, 3.8) is 0 Å². The number of halogens is 3. The Balaban J connectivity index is 1.66. The Morgan fingerprint density at radius 1 is 1.23 bits per heavy atom. The summed E-state index contributed by atoms with van der Waals surface area (Å²) in [7, 11) is 0. The molecule has 1 atom stereocenters. The highest BCUT2D eigenvalue weighted by Gasteiger charge is 2.36. The minimum absolute atomic E-state index is 0.0212. The van der Waals surface area contributed by atoms with Gasteiger partial charge in [0.1, 0.15) is 29.6 Å². The van der Waals surface area contributed by atoms with Crippen LogP contribution in [0.4, 0.5) is 8.78 Å². The maximum atomic E-state index is 13.3. The molecule has 1 fully saturated rings. The molecule has 1 heterocycles. The molecule has 3 rings (SSSR count). The van der Waals surface area contributed by atoms with Crippen LogP contribution in [0.15, 0.2) is 42.5 Å². The molecular weight excluding hydrogens is 364 g/mol. The van der Waals surface area contributed by atoms with E-state index in [1.165, 1.54) is 41.3 Å². The third kappa shape index (κ3) is 4.31. The third-order valence-electron chi connectivity index (χ3n) is 4.33. The van der Waals surface area contributed by atoms with Gasteiger partial charge in [-0.05, 0) is 55.3 Å². The monoisotopic (exact) mass is 381 g/mol. The lowest BCUT2D eigenvalue weighted by molar-refractivity contribution is -0.0532. The van der Waals surface area contributed by atoms with Gasteiger partial charge in [-0.1, -0.05) is 11.6 Å². The van der Waals surface area contributed by atoms with Crippen molar-refractivity contribution in [2.75, 3.05) is 19.7 Å². The van der Waals surface area contributed by atoms with E-state index in [9.17, 15) is 18.7 Å². The number of β-amino-alcohol motifs (C(OH)–C–C–N with tert-alkyl or cyclic N) is 1. The Kier molecular flexibility index (Phi) is 5.44. The molecule has 0 saturated carbocycles. The smallest absolute Gasteiger partial charge is 0.254 e. The first kappa shape index (κ1) is 18.6. The summed E-state index contributed by atoms with van der Waals surface area (Å²) in [5, 5.41) is 10.7. The zero-order chi connectivity index (χ0) is 18.7. The van der Waals surface area contributed by atoms with Crippen LogP contribution < -0.4 is 4.74 Å². The van der Waals surface area contributed by atoms with E-state index in [2.05, 4.69) is 0 Å². The standard InChI is InChI=1S/C19H18ClF2NO3/c20-16-10-13(2-7-17(16)22)18(24)23-9-1-8-19(25,11-23)12-26-15-5-3-14(21)4-6-15/h2-7,10,25H,1,8-9,11-12H2. The van der Waals surface area contributed by atoms with E-state index in [1.54, 1.807) is 0 Å². The van der Waals surface area contributed by atoms with Gasteiger partial charge in [0.05, 0.1) is 11.6 Å². The first-order valence-electron chi connectivity index (χ1n) is 8.21. The van der Waals surface area contributed by atoms with Crippen LogP contribution >= 0.6 is 11.6 Å². The summed E-state index contributed by atoms with van der Waals surface area (Å²) >= 11 is 5.74. The number of ether oxygens (including phenoxy) is 1. The summed E-state index contributed by atoms with van der Waals surface area (Å²) < 4.78 is 31.8. The maximum Gasteiger partial charge on any atom is 0.254 e. The lowest BCUT2D eigenvalue weighted by Crippen LogP contribution is -2.53. The van der Waals surface area contributed by atoms with Crippen molar-refractivity contribution < 1.29 is 23.4 Å². The highest BCUT2D eigenvalue weighted by atomic mass is 35.5. The van der Waals surface area contributed by atoms with Gasteiger partial charge in [-0.15, -0.1) is 0 Å². The number of aliphatic hydroxyl groups is 1. The fourth-order valence-electron chi connectivity index (χ4n) is 2.96. The van der Waals surface area contributed by atoms with Crippen LogP contribution in [-0.4, -0.2) is 41.2 Å². The number of hydrogen-bond acceptors (Lipinski definition) is 3. The molecule has 0 radical (unpaired) electrons. The average molecular weight is 382 g/mol. The summed E-state index contributed by atoms with van der Waals surface area (Å²) in [5.74, 6) is -0.852. The van der Waals surface area contributed by atoms with Gasteiger partial charge < -0.3 is 14.7 Å². The second-order valence-electron chi connectivity index (χ2n) is 6.43. The predicted octanol–water partition coefficient (Wildman–Crippen LogP) is 3.66. The molecule has 2 aromatic carbocycles. The SMILES string of the molecule is O=C(c1ccc(F)c(Cl)c1)N1CCCC(O)(COc2ccc(F)cc2)C1. The van der Waals surface area contributed by atoms with Crippen LogP contribution in [0.2, 0.25) is 5.02 Å². The number of nitrogens with zero attached hydrogens (tertiary/aromatic N) is 1. The van der Waals surface area contributed by atoms with E-state index in [1.807, 2.05) is 0 Å². The lowest BCUT2D eigenvalue weighted by atomic mass is 9.93. The van der Waals surface area contributed by atoms with Gasteiger partial charge in [-0.2, -0.15) is 0 Å². The quantitative estimate of drug-likeness (QED) is 0.879. The minimum Gasteiger partial charge on any atom is -0.491 e. The van der Waals surface area contributed by atoms with E-state index in [0.717, 1.165) is 6.07 Å². The van der Waals surface area contributed by atoms with Crippen molar-refractivity contribution in [1.29, 1.82) is 0 Å². The average Bonchev–Trinajstić information content (AvgIpc) is 2.63. The number of likely N-dealkylation sites (tertiary alicyclic amines) is 1. The van der Waals surface area contributed by atoms with Gasteiger partial charge in [0.15, 0.2) is 0 Å². The molecule has 1 aliphatic heterocycles. The molecule has 0 spiro atoms. The van der Waals surface area contributed by atoms with Crippen LogP contribution in [0.3, 0.4) is 0 Å². The molecule has 7 heteroatoms. The topological polar surface area (TPSA) is 49.8 Å². The Morgan fingerprint density at radius 2 is 1.96 bits per heavy atom. The first-order valence-corrected chi connectivity index (χ1v) is 8.59. The maximum absolute atomic E-state index is 13.3. The number of benzene rings is 2.